The number of para-hydroxylation sites is 1. The van der Waals surface area contributed by atoms with Crippen molar-refractivity contribution in [3.8, 4) is 0 Å². The molecule has 0 radical (unpaired) electrons. The SMILES string of the molecule is CC(CN1CCCCC1)NC(=O)Nc1ccccc1. The van der Waals surface area contributed by atoms with Crippen LogP contribution in [-0.2, 0) is 0 Å². The maximum Gasteiger partial charge on any atom is 0.319 e. The Morgan fingerprint density at radius 2 is 1.89 bits per heavy atom. The smallest absolute Gasteiger partial charge is 0.319 e. The molecular formula is C15H23N3O. The normalized spacial score (nSPS) is 17.7. The molecular weight excluding hydrogens is 238 g/mol. The molecule has 4 heteroatoms. The van der Waals surface area contributed by atoms with Gasteiger partial charge in [-0.3, -0.25) is 0 Å². The quantitative estimate of drug-likeness (QED) is 0.875. The van der Waals surface area contributed by atoms with Gasteiger partial charge in [0.05, 0.1) is 0 Å². The van der Waals surface area contributed by atoms with E-state index in [-0.39, 0.29) is 12.1 Å². The summed E-state index contributed by atoms with van der Waals surface area (Å²) in [5.74, 6) is 0. The zero-order chi connectivity index (χ0) is 13.5. The summed E-state index contributed by atoms with van der Waals surface area (Å²) in [5, 5.41) is 5.83. The molecule has 0 spiro atoms. The van der Waals surface area contributed by atoms with Gasteiger partial charge >= 0.3 is 6.03 Å². The number of rotatable bonds is 4. The van der Waals surface area contributed by atoms with Crippen molar-refractivity contribution in [2.24, 2.45) is 0 Å². The molecule has 1 saturated heterocycles. The predicted molar refractivity (Wildman–Crippen MR) is 78.3 cm³/mol. The summed E-state index contributed by atoms with van der Waals surface area (Å²) >= 11 is 0. The van der Waals surface area contributed by atoms with E-state index in [9.17, 15) is 4.79 Å². The van der Waals surface area contributed by atoms with Gasteiger partial charge in [0.1, 0.15) is 0 Å². The van der Waals surface area contributed by atoms with E-state index in [4.69, 9.17) is 0 Å². The Balaban J connectivity index is 1.72. The molecule has 0 aromatic heterocycles. The number of carbonyl (C=O) groups excluding carboxylic acids is 1. The molecule has 1 aliphatic heterocycles. The van der Waals surface area contributed by atoms with Crippen LogP contribution in [0.15, 0.2) is 30.3 Å². The Morgan fingerprint density at radius 1 is 1.21 bits per heavy atom. The molecule has 2 rings (SSSR count). The largest absolute Gasteiger partial charge is 0.334 e. The third-order valence-electron chi connectivity index (χ3n) is 3.39. The molecule has 4 nitrogen and oxygen atoms in total. The van der Waals surface area contributed by atoms with Crippen LogP contribution in [-0.4, -0.2) is 36.6 Å². The predicted octanol–water partition coefficient (Wildman–Crippen LogP) is 2.68. The van der Waals surface area contributed by atoms with Crippen LogP contribution in [0.2, 0.25) is 0 Å². The summed E-state index contributed by atoms with van der Waals surface area (Å²) in [6, 6.07) is 9.56. The van der Waals surface area contributed by atoms with Gasteiger partial charge in [-0.2, -0.15) is 0 Å². The Morgan fingerprint density at radius 3 is 2.58 bits per heavy atom. The minimum atomic E-state index is -0.129. The first-order chi connectivity index (χ1) is 9.24. The van der Waals surface area contributed by atoms with Crippen LogP contribution >= 0.6 is 0 Å². The molecule has 1 aromatic carbocycles. The summed E-state index contributed by atoms with van der Waals surface area (Å²) in [4.78, 5) is 14.3. The molecule has 0 bridgehead atoms. The van der Waals surface area contributed by atoms with E-state index >= 15 is 0 Å². The summed E-state index contributed by atoms with van der Waals surface area (Å²) < 4.78 is 0. The zero-order valence-electron chi connectivity index (χ0n) is 11.6. The second-order valence-electron chi connectivity index (χ2n) is 5.23. The Hall–Kier alpha value is -1.55. The molecule has 0 aliphatic carbocycles. The molecule has 19 heavy (non-hydrogen) atoms. The highest BCUT2D eigenvalue weighted by Crippen LogP contribution is 2.09. The van der Waals surface area contributed by atoms with E-state index < -0.39 is 0 Å². The Kier molecular flexibility index (Phi) is 5.21. The third kappa shape index (κ3) is 4.91. The van der Waals surface area contributed by atoms with Crippen molar-refractivity contribution in [3.05, 3.63) is 30.3 Å². The van der Waals surface area contributed by atoms with Gasteiger partial charge in [0.25, 0.3) is 0 Å². The molecule has 1 fully saturated rings. The first kappa shape index (κ1) is 13.9. The lowest BCUT2D eigenvalue weighted by atomic mass is 10.1. The average Bonchev–Trinajstić information content (AvgIpc) is 2.40. The van der Waals surface area contributed by atoms with Crippen molar-refractivity contribution < 1.29 is 4.79 Å². The second kappa shape index (κ2) is 7.14. The lowest BCUT2D eigenvalue weighted by molar-refractivity contribution is 0.206. The number of hydrogen-bond acceptors (Lipinski definition) is 2. The standard InChI is InChI=1S/C15H23N3O/c1-13(12-18-10-6-3-7-11-18)16-15(19)17-14-8-4-2-5-9-14/h2,4-5,8-9,13H,3,6-7,10-12H2,1H3,(H2,16,17,19). The van der Waals surface area contributed by atoms with Gasteiger partial charge in [0, 0.05) is 18.3 Å². The maximum atomic E-state index is 11.8. The number of benzene rings is 1. The highest BCUT2D eigenvalue weighted by Gasteiger charge is 2.14. The number of piperidine rings is 1. The van der Waals surface area contributed by atoms with E-state index in [1.165, 1.54) is 19.3 Å². The summed E-state index contributed by atoms with van der Waals surface area (Å²) in [5.41, 5.74) is 0.824. The summed E-state index contributed by atoms with van der Waals surface area (Å²) in [6.45, 7) is 5.31. The topological polar surface area (TPSA) is 44.4 Å². The molecule has 2 amide bonds. The van der Waals surface area contributed by atoms with Crippen molar-refractivity contribution in [1.29, 1.82) is 0 Å². The van der Waals surface area contributed by atoms with Crippen LogP contribution in [0.5, 0.6) is 0 Å². The van der Waals surface area contributed by atoms with Crippen molar-refractivity contribution >= 4 is 11.7 Å². The first-order valence-electron chi connectivity index (χ1n) is 7.09. The van der Waals surface area contributed by atoms with Gasteiger partial charge in [-0.05, 0) is 45.0 Å². The second-order valence-corrected chi connectivity index (χ2v) is 5.23. The summed E-state index contributed by atoms with van der Waals surface area (Å²) in [6.07, 6.45) is 3.90. The summed E-state index contributed by atoms with van der Waals surface area (Å²) in [7, 11) is 0. The van der Waals surface area contributed by atoms with E-state index in [2.05, 4.69) is 22.5 Å². The lowest BCUT2D eigenvalue weighted by Crippen LogP contribution is -2.45. The fraction of sp³-hybridized carbons (Fsp3) is 0.533. The van der Waals surface area contributed by atoms with Crippen molar-refractivity contribution in [1.82, 2.24) is 10.2 Å². The number of carbonyl (C=O) groups is 1. The van der Waals surface area contributed by atoms with Gasteiger partial charge in [-0.1, -0.05) is 24.6 Å². The minimum absolute atomic E-state index is 0.129. The van der Waals surface area contributed by atoms with Gasteiger partial charge in [0.15, 0.2) is 0 Å². The van der Waals surface area contributed by atoms with E-state index in [1.807, 2.05) is 30.3 Å². The fourth-order valence-corrected chi connectivity index (χ4v) is 2.49. The molecule has 2 N–H and O–H groups in total. The van der Waals surface area contributed by atoms with Crippen LogP contribution in [0.25, 0.3) is 0 Å². The highest BCUT2D eigenvalue weighted by atomic mass is 16.2. The number of hydrogen-bond donors (Lipinski definition) is 2. The molecule has 0 saturated carbocycles. The molecule has 1 atom stereocenters. The van der Waals surface area contributed by atoms with Gasteiger partial charge in [-0.25, -0.2) is 4.79 Å². The number of nitrogens with zero attached hydrogens (tertiary/aromatic N) is 1. The highest BCUT2D eigenvalue weighted by molar-refractivity contribution is 5.89. The van der Waals surface area contributed by atoms with E-state index in [0.29, 0.717) is 0 Å². The van der Waals surface area contributed by atoms with Crippen LogP contribution in [0, 0.1) is 0 Å². The van der Waals surface area contributed by atoms with Crippen LogP contribution in [0.1, 0.15) is 26.2 Å². The van der Waals surface area contributed by atoms with Crippen molar-refractivity contribution in [3.63, 3.8) is 0 Å². The minimum Gasteiger partial charge on any atom is -0.334 e. The van der Waals surface area contributed by atoms with Gasteiger partial charge < -0.3 is 15.5 Å². The molecule has 1 aromatic rings. The van der Waals surface area contributed by atoms with E-state index in [1.54, 1.807) is 0 Å². The molecule has 1 unspecified atom stereocenters. The van der Waals surface area contributed by atoms with Crippen molar-refractivity contribution in [2.75, 3.05) is 25.0 Å². The van der Waals surface area contributed by atoms with Crippen LogP contribution in [0.4, 0.5) is 10.5 Å². The zero-order valence-corrected chi connectivity index (χ0v) is 11.6. The van der Waals surface area contributed by atoms with Gasteiger partial charge in [0.2, 0.25) is 0 Å². The fourth-order valence-electron chi connectivity index (χ4n) is 2.49. The molecule has 1 heterocycles. The third-order valence-corrected chi connectivity index (χ3v) is 3.39. The Bertz CT molecular complexity index is 388. The number of amides is 2. The number of urea groups is 1. The van der Waals surface area contributed by atoms with Crippen LogP contribution < -0.4 is 10.6 Å². The number of nitrogens with one attached hydrogen (secondary N) is 2. The van der Waals surface area contributed by atoms with Crippen molar-refractivity contribution in [2.45, 2.75) is 32.2 Å². The monoisotopic (exact) mass is 261 g/mol. The number of anilines is 1. The maximum absolute atomic E-state index is 11.8. The molecule has 104 valence electrons. The average molecular weight is 261 g/mol. The van der Waals surface area contributed by atoms with E-state index in [0.717, 1.165) is 25.3 Å². The van der Waals surface area contributed by atoms with Crippen LogP contribution in [0.3, 0.4) is 0 Å². The number of likely N-dealkylation sites (tertiary alicyclic amines) is 1. The first-order valence-corrected chi connectivity index (χ1v) is 7.09. The Labute approximate surface area is 115 Å². The lowest BCUT2D eigenvalue weighted by Gasteiger charge is -2.29. The van der Waals surface area contributed by atoms with Gasteiger partial charge in [-0.15, -0.1) is 0 Å². The molecule has 1 aliphatic rings.